The second kappa shape index (κ2) is 6.01. The summed E-state index contributed by atoms with van der Waals surface area (Å²) in [7, 11) is 0. The van der Waals surface area contributed by atoms with Crippen LogP contribution in [0.4, 0.5) is 0 Å². The normalized spacial score (nSPS) is 54.3. The lowest BCUT2D eigenvalue weighted by molar-refractivity contribution is -0.186. The zero-order valence-electron chi connectivity index (χ0n) is 19.8. The third-order valence-electron chi connectivity index (χ3n) is 11.6. The van der Waals surface area contributed by atoms with Crippen LogP contribution in [0.1, 0.15) is 92.9 Å². The molecule has 1 heterocycles. The lowest BCUT2D eigenvalue weighted by Gasteiger charge is -2.68. The summed E-state index contributed by atoms with van der Waals surface area (Å²) in [6.45, 7) is 14.2. The Kier molecular flexibility index (Phi) is 4.16. The Morgan fingerprint density at radius 2 is 1.50 bits per heavy atom. The third kappa shape index (κ3) is 2.33. The van der Waals surface area contributed by atoms with Crippen LogP contribution in [0.2, 0.25) is 0 Å². The lowest BCUT2D eigenvalue weighted by Crippen LogP contribution is -2.62. The van der Waals surface area contributed by atoms with E-state index in [0.717, 1.165) is 12.8 Å². The molecule has 3 heteroatoms. The van der Waals surface area contributed by atoms with Crippen molar-refractivity contribution in [1.29, 1.82) is 0 Å². The molecule has 5 aliphatic rings. The molecule has 5 rings (SSSR count). The van der Waals surface area contributed by atoms with Gasteiger partial charge in [-0.15, -0.1) is 0 Å². The highest BCUT2D eigenvalue weighted by molar-refractivity contribution is 5.95. The Labute approximate surface area is 182 Å². The Balaban J connectivity index is 1.52. The molecule has 0 unspecified atom stereocenters. The van der Waals surface area contributed by atoms with E-state index in [2.05, 4.69) is 47.6 Å². The molecule has 30 heavy (non-hydrogen) atoms. The average Bonchev–Trinajstić information content (AvgIpc) is 3.20. The van der Waals surface area contributed by atoms with Crippen LogP contribution in [0.15, 0.2) is 12.2 Å². The number of fused-ring (bicyclic) bond motifs is 5. The molecule has 0 amide bonds. The summed E-state index contributed by atoms with van der Waals surface area (Å²) in [5.41, 5.74) is 0.136. The lowest BCUT2D eigenvalue weighted by atomic mass is 9.36. The fourth-order valence-electron chi connectivity index (χ4n) is 9.75. The molecule has 0 aromatic rings. The second-order valence-electron chi connectivity index (χ2n) is 12.9. The minimum absolute atomic E-state index is 0.00161. The molecule has 0 aromatic heterocycles. The highest BCUT2D eigenvalue weighted by Gasteiger charge is 2.69. The minimum atomic E-state index is -0.261. The molecule has 4 fully saturated rings. The summed E-state index contributed by atoms with van der Waals surface area (Å²) in [6.07, 6.45) is 13.0. The van der Waals surface area contributed by atoms with Gasteiger partial charge in [0, 0.05) is 17.8 Å². The van der Waals surface area contributed by atoms with Crippen molar-refractivity contribution in [2.75, 3.05) is 0 Å². The van der Waals surface area contributed by atoms with Crippen LogP contribution in [0.25, 0.3) is 0 Å². The topological polar surface area (TPSA) is 43.4 Å². The molecule has 1 aliphatic heterocycles. The molecule has 0 N–H and O–H groups in total. The van der Waals surface area contributed by atoms with E-state index in [1.54, 1.807) is 0 Å². The standard InChI is InChI=1S/C27H40O3/c1-23(2)19-10-15-26(5)20(24(19,3)13-11-21(23)28)8-7-17-18(9-14-25(17,26)4)27(6)16-12-22(29)30-27/h11,13,17-20H,7-10,12,14-16H2,1-6H3/t17-,18+,19+,20-,24+,25-,26-,27+/m1/s1. The third-order valence-corrected chi connectivity index (χ3v) is 11.6. The van der Waals surface area contributed by atoms with Crippen LogP contribution in [0.5, 0.6) is 0 Å². The molecule has 0 bridgehead atoms. The van der Waals surface area contributed by atoms with Crippen molar-refractivity contribution < 1.29 is 14.3 Å². The van der Waals surface area contributed by atoms with Crippen LogP contribution in [-0.4, -0.2) is 17.4 Å². The van der Waals surface area contributed by atoms with E-state index in [9.17, 15) is 9.59 Å². The van der Waals surface area contributed by atoms with E-state index in [1.165, 1.54) is 32.1 Å². The highest BCUT2D eigenvalue weighted by atomic mass is 16.6. The maximum absolute atomic E-state index is 12.7. The maximum atomic E-state index is 12.7. The van der Waals surface area contributed by atoms with Gasteiger partial charge < -0.3 is 4.74 Å². The summed E-state index contributed by atoms with van der Waals surface area (Å²) < 4.78 is 5.95. The van der Waals surface area contributed by atoms with Crippen LogP contribution < -0.4 is 0 Å². The van der Waals surface area contributed by atoms with Gasteiger partial charge in [-0.2, -0.15) is 0 Å². The smallest absolute Gasteiger partial charge is 0.306 e. The molecule has 1 saturated heterocycles. The SMILES string of the molecule is CC1(C)C(=O)C=C[C@]2(C)[C@H]3CC[C@@H]4[C@@H]([C@]5(C)CCC(=O)O5)CC[C@@]4(C)[C@]3(C)CC[C@@H]12. The Hall–Kier alpha value is -1.12. The van der Waals surface area contributed by atoms with Crippen LogP contribution in [-0.2, 0) is 14.3 Å². The molecule has 8 atom stereocenters. The van der Waals surface area contributed by atoms with Crippen molar-refractivity contribution in [3.63, 3.8) is 0 Å². The first-order valence-electron chi connectivity index (χ1n) is 12.3. The fraction of sp³-hybridized carbons (Fsp3) is 0.852. The summed E-state index contributed by atoms with van der Waals surface area (Å²) in [6, 6.07) is 0. The average molecular weight is 413 g/mol. The first-order chi connectivity index (χ1) is 13.9. The van der Waals surface area contributed by atoms with Gasteiger partial charge in [0.05, 0.1) is 0 Å². The minimum Gasteiger partial charge on any atom is -0.459 e. The van der Waals surface area contributed by atoms with E-state index < -0.39 is 0 Å². The molecule has 4 aliphatic carbocycles. The van der Waals surface area contributed by atoms with Gasteiger partial charge in [0.15, 0.2) is 5.78 Å². The summed E-state index contributed by atoms with van der Waals surface area (Å²) >= 11 is 0. The zero-order chi connectivity index (χ0) is 21.7. The maximum Gasteiger partial charge on any atom is 0.306 e. The number of cyclic esters (lactones) is 1. The largest absolute Gasteiger partial charge is 0.459 e. The predicted molar refractivity (Wildman–Crippen MR) is 118 cm³/mol. The highest BCUT2D eigenvalue weighted by Crippen LogP contribution is 2.75. The Morgan fingerprint density at radius 1 is 0.800 bits per heavy atom. The molecule has 3 nitrogen and oxygen atoms in total. The van der Waals surface area contributed by atoms with Crippen molar-refractivity contribution >= 4 is 11.8 Å². The quantitative estimate of drug-likeness (QED) is 0.488. The molecule has 3 saturated carbocycles. The zero-order valence-corrected chi connectivity index (χ0v) is 19.8. The predicted octanol–water partition coefficient (Wildman–Crippen LogP) is 6.11. The number of esters is 1. The number of allylic oxidation sites excluding steroid dienone is 2. The van der Waals surface area contributed by atoms with Gasteiger partial charge in [-0.3, -0.25) is 9.59 Å². The van der Waals surface area contributed by atoms with Crippen LogP contribution >= 0.6 is 0 Å². The van der Waals surface area contributed by atoms with Gasteiger partial charge in [-0.25, -0.2) is 0 Å². The summed E-state index contributed by atoms with van der Waals surface area (Å²) in [5.74, 6) is 2.50. The van der Waals surface area contributed by atoms with Crippen LogP contribution in [0, 0.1) is 45.3 Å². The van der Waals surface area contributed by atoms with Crippen molar-refractivity contribution in [2.24, 2.45) is 45.3 Å². The molecular weight excluding hydrogens is 372 g/mol. The van der Waals surface area contributed by atoms with Crippen molar-refractivity contribution in [1.82, 2.24) is 0 Å². The first-order valence-corrected chi connectivity index (χ1v) is 12.3. The number of ether oxygens (including phenoxy) is 1. The van der Waals surface area contributed by atoms with Crippen molar-refractivity contribution in [3.8, 4) is 0 Å². The van der Waals surface area contributed by atoms with Gasteiger partial charge in [0.1, 0.15) is 5.60 Å². The molecule has 0 spiro atoms. The Bertz CT molecular complexity index is 826. The van der Waals surface area contributed by atoms with Gasteiger partial charge >= 0.3 is 5.97 Å². The summed E-state index contributed by atoms with van der Waals surface area (Å²) in [5, 5.41) is 0. The molecule has 0 aromatic carbocycles. The molecule has 166 valence electrons. The van der Waals surface area contributed by atoms with E-state index in [1.807, 2.05) is 6.08 Å². The van der Waals surface area contributed by atoms with E-state index in [0.29, 0.717) is 35.9 Å². The number of hydrogen-bond donors (Lipinski definition) is 0. The van der Waals surface area contributed by atoms with E-state index in [-0.39, 0.29) is 33.2 Å². The van der Waals surface area contributed by atoms with E-state index in [4.69, 9.17) is 4.74 Å². The van der Waals surface area contributed by atoms with Gasteiger partial charge in [-0.1, -0.05) is 40.7 Å². The van der Waals surface area contributed by atoms with Crippen LogP contribution in [0.3, 0.4) is 0 Å². The number of ketones is 1. The number of rotatable bonds is 1. The summed E-state index contributed by atoms with van der Waals surface area (Å²) in [4.78, 5) is 24.7. The van der Waals surface area contributed by atoms with E-state index >= 15 is 0 Å². The van der Waals surface area contributed by atoms with Gasteiger partial charge in [0.25, 0.3) is 0 Å². The monoisotopic (exact) mass is 412 g/mol. The van der Waals surface area contributed by atoms with Crippen molar-refractivity contribution in [3.05, 3.63) is 12.2 Å². The Morgan fingerprint density at radius 3 is 2.17 bits per heavy atom. The fourth-order valence-corrected chi connectivity index (χ4v) is 9.75. The van der Waals surface area contributed by atoms with Crippen molar-refractivity contribution in [2.45, 2.75) is 98.5 Å². The first kappa shape index (κ1) is 20.8. The molecule has 0 radical (unpaired) electrons. The van der Waals surface area contributed by atoms with Gasteiger partial charge in [0.2, 0.25) is 0 Å². The number of carbonyl (C=O) groups excluding carboxylic acids is 2. The van der Waals surface area contributed by atoms with Gasteiger partial charge in [-0.05, 0) is 91.9 Å². The number of carbonyl (C=O) groups is 2. The second-order valence-corrected chi connectivity index (χ2v) is 12.9. The molecular formula is C27H40O3. The number of hydrogen-bond acceptors (Lipinski definition) is 3.